The van der Waals surface area contributed by atoms with Crippen molar-refractivity contribution >= 4 is 44.9 Å². The van der Waals surface area contributed by atoms with Gasteiger partial charge in [-0.2, -0.15) is 13.2 Å². The molecule has 4 amide bonds. The highest BCUT2D eigenvalue weighted by molar-refractivity contribution is 7.91. The fourth-order valence-electron chi connectivity index (χ4n) is 7.85. The summed E-state index contributed by atoms with van der Waals surface area (Å²) in [6.45, 7) is 10.5. The van der Waals surface area contributed by atoms with Crippen LogP contribution in [0.1, 0.15) is 98.6 Å². The molecule has 7 unspecified atom stereocenters. The fourth-order valence-corrected chi connectivity index (χ4v) is 9.21. The number of halogens is 3. The van der Waals surface area contributed by atoms with E-state index in [9.17, 15) is 40.8 Å². The van der Waals surface area contributed by atoms with Gasteiger partial charge >= 0.3 is 12.3 Å². The molecular formula is C40H53F3N6O9S. The van der Waals surface area contributed by atoms with Gasteiger partial charge in [-0.3, -0.25) is 19.1 Å². The number of nitrogens with one attached hydrogen (secondary N) is 3. The van der Waals surface area contributed by atoms with Gasteiger partial charge in [0.1, 0.15) is 35.1 Å². The van der Waals surface area contributed by atoms with Gasteiger partial charge in [-0.25, -0.2) is 23.2 Å². The lowest BCUT2D eigenvalue weighted by atomic mass is 9.85. The van der Waals surface area contributed by atoms with Crippen molar-refractivity contribution in [2.45, 2.75) is 134 Å². The minimum Gasteiger partial charge on any atom is -0.494 e. The summed E-state index contributed by atoms with van der Waals surface area (Å²) in [5, 5.41) is 4.75. The number of amides is 4. The van der Waals surface area contributed by atoms with E-state index in [1.54, 1.807) is 33.8 Å². The Bertz CT molecular complexity index is 2090. The number of carbonyl (C=O) groups is 4. The normalized spacial score (nSPS) is 28.1. The van der Waals surface area contributed by atoms with Crippen molar-refractivity contribution in [3.05, 3.63) is 36.0 Å². The molecule has 2 aromatic rings. The maximum atomic E-state index is 14.9. The van der Waals surface area contributed by atoms with Gasteiger partial charge < -0.3 is 29.7 Å². The molecule has 6 rings (SSSR count). The average molecular weight is 851 g/mol. The second kappa shape index (κ2) is 16.8. The molecule has 2 aliphatic heterocycles. The van der Waals surface area contributed by atoms with Crippen LogP contribution in [0.3, 0.4) is 0 Å². The van der Waals surface area contributed by atoms with Gasteiger partial charge in [0.15, 0.2) is 0 Å². The number of allylic oxidation sites excluding steroid dienone is 1. The van der Waals surface area contributed by atoms with Gasteiger partial charge in [0.25, 0.3) is 5.91 Å². The molecule has 3 heterocycles. The van der Waals surface area contributed by atoms with Crippen molar-refractivity contribution < 1.29 is 55.0 Å². The van der Waals surface area contributed by atoms with Gasteiger partial charge in [0.2, 0.25) is 33.4 Å². The minimum absolute atomic E-state index is 0.0436. The van der Waals surface area contributed by atoms with Crippen LogP contribution in [0, 0.1) is 17.8 Å². The smallest absolute Gasteiger partial charge is 0.438 e. The van der Waals surface area contributed by atoms with E-state index >= 15 is 0 Å². The van der Waals surface area contributed by atoms with E-state index in [1.807, 2.05) is 19.9 Å². The Balaban J connectivity index is 1.39. The standard InChI is InChI=1S/C40H53F3N6O9S/c1-7-23-17-22(3)11-9-10-12-24-20-39(24,36(52)48-59(54,55)27-14-15-27)47-33(50)30-19-26(21-49(30)35(51)31(23)46-37(53)58-38(4,5)6)57-34-32(40(41,42)43)44-28-16-13-25(56-8-2)18-29(28)45-34/h10,12-13,16,18,22-24,26-27,30-31H,7-9,11,14-15,17,19-21H2,1-6H3,(H,46,53)(H,47,50)(H,48,52). The Morgan fingerprint density at radius 2 is 1.78 bits per heavy atom. The predicted molar refractivity (Wildman–Crippen MR) is 208 cm³/mol. The monoisotopic (exact) mass is 850 g/mol. The Kier molecular flexibility index (Phi) is 12.5. The third kappa shape index (κ3) is 10.2. The van der Waals surface area contributed by atoms with Crippen molar-refractivity contribution in [3.8, 4) is 11.6 Å². The Morgan fingerprint density at radius 1 is 1.05 bits per heavy atom. The van der Waals surface area contributed by atoms with Crippen LogP contribution in [0.15, 0.2) is 30.4 Å². The summed E-state index contributed by atoms with van der Waals surface area (Å²) in [6.07, 6.45) is -0.777. The van der Waals surface area contributed by atoms with E-state index < -0.39 is 105 Å². The molecule has 3 fully saturated rings. The van der Waals surface area contributed by atoms with E-state index in [0.717, 1.165) is 4.90 Å². The molecule has 1 saturated heterocycles. The second-order valence-electron chi connectivity index (χ2n) is 17.0. The van der Waals surface area contributed by atoms with Crippen molar-refractivity contribution in [3.63, 3.8) is 0 Å². The molecule has 324 valence electrons. The van der Waals surface area contributed by atoms with Crippen molar-refractivity contribution in [1.29, 1.82) is 0 Å². The number of aromatic nitrogens is 2. The number of rotatable bonds is 9. The van der Waals surface area contributed by atoms with Crippen LogP contribution >= 0.6 is 0 Å². The van der Waals surface area contributed by atoms with E-state index in [-0.39, 0.29) is 36.4 Å². The summed E-state index contributed by atoms with van der Waals surface area (Å²) in [7, 11) is -4.01. The Morgan fingerprint density at radius 3 is 2.42 bits per heavy atom. The SMILES string of the molecule is CCOc1ccc2nc(C(F)(F)F)c(OC3CC4C(=O)NC5(C(=O)NS(=O)(=O)C6CC6)CC5C=CCCC(C)CC(CC)C(NC(=O)OC(C)(C)C)C(=O)N4C3)nc2c1. The zero-order chi connectivity index (χ0) is 43.1. The molecule has 0 spiro atoms. The summed E-state index contributed by atoms with van der Waals surface area (Å²) in [5.41, 5.74) is -4.05. The quantitative estimate of drug-likeness (QED) is 0.282. The minimum atomic E-state index is -5.01. The zero-order valence-electron chi connectivity index (χ0n) is 34.1. The number of ether oxygens (including phenoxy) is 3. The number of fused-ring (bicyclic) bond motifs is 3. The number of hydrogen-bond donors (Lipinski definition) is 3. The summed E-state index contributed by atoms with van der Waals surface area (Å²) in [6, 6.07) is 1.56. The number of alkyl carbamates (subject to hydrolysis) is 1. The van der Waals surface area contributed by atoms with E-state index in [1.165, 1.54) is 18.2 Å². The molecule has 1 aromatic carbocycles. The molecule has 3 N–H and O–H groups in total. The Hall–Kier alpha value is -4.68. The third-order valence-electron chi connectivity index (χ3n) is 11.1. The number of sulfonamides is 1. The maximum Gasteiger partial charge on any atom is 0.438 e. The van der Waals surface area contributed by atoms with Crippen molar-refractivity contribution in [2.24, 2.45) is 17.8 Å². The number of hydrogen-bond acceptors (Lipinski definition) is 11. The van der Waals surface area contributed by atoms with Gasteiger partial charge in [0.05, 0.1) is 29.4 Å². The summed E-state index contributed by atoms with van der Waals surface area (Å²) < 4.78 is 88.4. The van der Waals surface area contributed by atoms with Gasteiger partial charge in [0, 0.05) is 18.4 Å². The molecule has 0 radical (unpaired) electrons. The number of benzene rings is 1. The predicted octanol–water partition coefficient (Wildman–Crippen LogP) is 5.17. The molecule has 2 saturated carbocycles. The molecule has 4 aliphatic rings. The first-order valence-electron chi connectivity index (χ1n) is 20.2. The molecule has 1 aromatic heterocycles. The van der Waals surface area contributed by atoms with Crippen molar-refractivity contribution in [1.82, 2.24) is 30.2 Å². The van der Waals surface area contributed by atoms with Crippen LogP contribution in [0.2, 0.25) is 0 Å². The van der Waals surface area contributed by atoms with Crippen LogP contribution in [0.4, 0.5) is 18.0 Å². The second-order valence-corrected chi connectivity index (χ2v) is 19.0. The maximum absolute atomic E-state index is 14.9. The van der Waals surface area contributed by atoms with Crippen LogP contribution in [-0.4, -0.2) is 94.8 Å². The first-order valence-corrected chi connectivity index (χ1v) is 21.7. The fraction of sp³-hybridized carbons (Fsp3) is 0.650. The van der Waals surface area contributed by atoms with E-state index in [2.05, 4.69) is 25.3 Å². The topological polar surface area (TPSA) is 195 Å². The zero-order valence-corrected chi connectivity index (χ0v) is 34.9. The Labute approximate surface area is 341 Å². The van der Waals surface area contributed by atoms with Crippen LogP contribution in [-0.2, 0) is 35.3 Å². The number of carbonyl (C=O) groups excluding carboxylic acids is 4. The molecule has 0 bridgehead atoms. The van der Waals surface area contributed by atoms with Gasteiger partial charge in [-0.05, 0) is 90.2 Å². The van der Waals surface area contributed by atoms with Gasteiger partial charge in [-0.15, -0.1) is 0 Å². The highest BCUT2D eigenvalue weighted by atomic mass is 32.2. The highest BCUT2D eigenvalue weighted by Crippen LogP contribution is 2.46. The average Bonchev–Trinajstić information content (AvgIpc) is 4.06. The largest absolute Gasteiger partial charge is 0.494 e. The summed E-state index contributed by atoms with van der Waals surface area (Å²) in [5.74, 6) is -4.01. The number of alkyl halides is 3. The van der Waals surface area contributed by atoms with E-state index in [0.29, 0.717) is 44.3 Å². The first kappa shape index (κ1) is 43.9. The molecule has 7 atom stereocenters. The molecule has 2 aliphatic carbocycles. The van der Waals surface area contributed by atoms with Crippen LogP contribution in [0.5, 0.6) is 11.6 Å². The van der Waals surface area contributed by atoms with Crippen molar-refractivity contribution in [2.75, 3.05) is 13.2 Å². The first-order chi connectivity index (χ1) is 27.6. The molecule has 19 heteroatoms. The lowest BCUT2D eigenvalue weighted by Crippen LogP contribution is -2.59. The molecule has 59 heavy (non-hydrogen) atoms. The third-order valence-corrected chi connectivity index (χ3v) is 12.9. The molecule has 15 nitrogen and oxygen atoms in total. The summed E-state index contributed by atoms with van der Waals surface area (Å²) >= 11 is 0. The van der Waals surface area contributed by atoms with Gasteiger partial charge in [-0.1, -0.05) is 32.4 Å². The van der Waals surface area contributed by atoms with E-state index in [4.69, 9.17) is 14.2 Å². The highest BCUT2D eigenvalue weighted by Gasteiger charge is 2.62. The summed E-state index contributed by atoms with van der Waals surface area (Å²) in [4.78, 5) is 65.6. The molecular weight excluding hydrogens is 798 g/mol. The van der Waals surface area contributed by atoms with Crippen LogP contribution < -0.4 is 24.8 Å². The number of nitrogens with zero attached hydrogens (tertiary/aromatic N) is 3. The lowest BCUT2D eigenvalue weighted by molar-refractivity contribution is -0.143. The van der Waals surface area contributed by atoms with Crippen LogP contribution in [0.25, 0.3) is 11.0 Å². The lowest BCUT2D eigenvalue weighted by Gasteiger charge is -2.34.